The number of rotatable bonds is 5. The van der Waals surface area contributed by atoms with Crippen LogP contribution in [0.4, 0.5) is 4.39 Å². The highest BCUT2D eigenvalue weighted by molar-refractivity contribution is 5.94. The first-order chi connectivity index (χ1) is 14.6. The van der Waals surface area contributed by atoms with Gasteiger partial charge in [-0.15, -0.1) is 0 Å². The molecule has 2 aromatic carbocycles. The predicted octanol–water partition coefficient (Wildman–Crippen LogP) is 3.75. The zero-order valence-corrected chi connectivity index (χ0v) is 17.0. The van der Waals surface area contributed by atoms with E-state index in [1.54, 1.807) is 12.1 Å². The Morgan fingerprint density at radius 2 is 1.77 bits per heavy atom. The van der Waals surface area contributed by atoms with E-state index in [-0.39, 0.29) is 29.6 Å². The van der Waals surface area contributed by atoms with E-state index in [2.05, 4.69) is 0 Å². The number of carbonyl (C=O) groups is 2. The summed E-state index contributed by atoms with van der Waals surface area (Å²) < 4.78 is 18.8. The first-order valence-electron chi connectivity index (χ1n) is 10.6. The minimum Gasteiger partial charge on any atom is -0.493 e. The molecule has 2 fully saturated rings. The number of hydrogen-bond acceptors (Lipinski definition) is 3. The monoisotopic (exact) mass is 410 g/mol. The van der Waals surface area contributed by atoms with Crippen molar-refractivity contribution in [3.8, 4) is 5.75 Å². The molecule has 0 spiro atoms. The molecule has 0 aromatic heterocycles. The molecule has 5 nitrogen and oxygen atoms in total. The number of amides is 2. The first kappa shape index (κ1) is 20.4. The molecule has 0 radical (unpaired) electrons. The highest BCUT2D eigenvalue weighted by Crippen LogP contribution is 2.32. The van der Waals surface area contributed by atoms with E-state index in [9.17, 15) is 14.0 Å². The fourth-order valence-electron chi connectivity index (χ4n) is 4.57. The van der Waals surface area contributed by atoms with Crippen molar-refractivity contribution in [3.05, 3.63) is 66.0 Å². The van der Waals surface area contributed by atoms with E-state index >= 15 is 0 Å². The number of para-hydroxylation sites is 1. The van der Waals surface area contributed by atoms with Crippen molar-refractivity contribution in [3.63, 3.8) is 0 Å². The number of nitrogens with zero attached hydrogens (tertiary/aromatic N) is 2. The van der Waals surface area contributed by atoms with Crippen LogP contribution in [0.1, 0.15) is 36.0 Å². The molecule has 0 unspecified atom stereocenters. The summed E-state index contributed by atoms with van der Waals surface area (Å²) in [6, 6.07) is 15.4. The fraction of sp³-hybridized carbons (Fsp3) is 0.417. The van der Waals surface area contributed by atoms with Gasteiger partial charge in [0, 0.05) is 31.2 Å². The maximum Gasteiger partial charge on any atom is 0.254 e. The maximum atomic E-state index is 13.2. The van der Waals surface area contributed by atoms with Crippen molar-refractivity contribution < 1.29 is 18.7 Å². The third-order valence-electron chi connectivity index (χ3n) is 6.10. The average Bonchev–Trinajstić information content (AvgIpc) is 2.79. The number of hydrogen-bond donors (Lipinski definition) is 0. The minimum atomic E-state index is -0.342. The second-order valence-electron chi connectivity index (χ2n) is 8.02. The summed E-state index contributed by atoms with van der Waals surface area (Å²) in [5.74, 6) is 0.778. The largest absolute Gasteiger partial charge is 0.493 e. The van der Waals surface area contributed by atoms with Gasteiger partial charge in [0.1, 0.15) is 11.6 Å². The molecular weight excluding hydrogens is 383 g/mol. The van der Waals surface area contributed by atoms with Crippen molar-refractivity contribution in [1.29, 1.82) is 0 Å². The number of benzene rings is 2. The Balaban J connectivity index is 1.32. The molecule has 30 heavy (non-hydrogen) atoms. The Hall–Kier alpha value is -2.89. The normalized spacial score (nSPS) is 21.1. The number of halogens is 1. The van der Waals surface area contributed by atoms with Gasteiger partial charge in [-0.2, -0.15) is 0 Å². The topological polar surface area (TPSA) is 49.9 Å². The van der Waals surface area contributed by atoms with Crippen LogP contribution in [0.25, 0.3) is 0 Å². The van der Waals surface area contributed by atoms with Crippen molar-refractivity contribution in [2.75, 3.05) is 26.2 Å². The third-order valence-corrected chi connectivity index (χ3v) is 6.10. The lowest BCUT2D eigenvalue weighted by atomic mass is 9.83. The lowest BCUT2D eigenvalue weighted by Gasteiger charge is -2.47. The van der Waals surface area contributed by atoms with Gasteiger partial charge in [0.2, 0.25) is 5.91 Å². The lowest BCUT2D eigenvalue weighted by molar-refractivity contribution is -0.135. The second-order valence-corrected chi connectivity index (χ2v) is 8.02. The van der Waals surface area contributed by atoms with Crippen LogP contribution in [-0.4, -0.2) is 53.9 Å². The van der Waals surface area contributed by atoms with Crippen LogP contribution >= 0.6 is 0 Å². The van der Waals surface area contributed by atoms with Crippen LogP contribution < -0.4 is 4.74 Å². The quantitative estimate of drug-likeness (QED) is 0.754. The van der Waals surface area contributed by atoms with Crippen LogP contribution in [-0.2, 0) is 4.79 Å². The van der Waals surface area contributed by atoms with E-state index in [0.29, 0.717) is 31.7 Å². The lowest BCUT2D eigenvalue weighted by Crippen LogP contribution is -2.56. The van der Waals surface area contributed by atoms with Crippen LogP contribution in [0.3, 0.4) is 0 Å². The zero-order chi connectivity index (χ0) is 20.9. The van der Waals surface area contributed by atoms with Crippen LogP contribution in [0.2, 0.25) is 0 Å². The molecule has 0 aliphatic carbocycles. The van der Waals surface area contributed by atoms with Crippen molar-refractivity contribution in [1.82, 2.24) is 9.80 Å². The third kappa shape index (κ3) is 4.64. The van der Waals surface area contributed by atoms with E-state index in [1.807, 2.05) is 40.1 Å². The number of piperidine rings is 2. The van der Waals surface area contributed by atoms with Crippen LogP contribution in [0, 0.1) is 11.7 Å². The summed E-state index contributed by atoms with van der Waals surface area (Å²) in [5.41, 5.74) is 0.522. The molecular formula is C24H27FN2O3. The van der Waals surface area contributed by atoms with Gasteiger partial charge in [0.05, 0.1) is 13.0 Å². The summed E-state index contributed by atoms with van der Waals surface area (Å²) in [5, 5.41) is 0. The zero-order valence-electron chi connectivity index (χ0n) is 17.0. The Labute approximate surface area is 176 Å². The van der Waals surface area contributed by atoms with E-state index in [4.69, 9.17) is 4.74 Å². The minimum absolute atomic E-state index is 0.0410. The Kier molecular flexibility index (Phi) is 6.31. The molecule has 2 aliphatic heterocycles. The molecule has 2 saturated heterocycles. The second kappa shape index (κ2) is 9.28. The molecule has 2 aliphatic rings. The molecule has 2 atom stereocenters. The van der Waals surface area contributed by atoms with Crippen LogP contribution in [0.5, 0.6) is 5.75 Å². The molecule has 0 bridgehead atoms. The molecule has 2 heterocycles. The summed E-state index contributed by atoms with van der Waals surface area (Å²) in [7, 11) is 0. The first-order valence-corrected chi connectivity index (χ1v) is 10.6. The average molecular weight is 410 g/mol. The van der Waals surface area contributed by atoms with Gasteiger partial charge in [0.15, 0.2) is 0 Å². The molecule has 2 amide bonds. The predicted molar refractivity (Wildman–Crippen MR) is 112 cm³/mol. The number of likely N-dealkylation sites (tertiary alicyclic amines) is 2. The Morgan fingerprint density at radius 3 is 2.53 bits per heavy atom. The van der Waals surface area contributed by atoms with Crippen molar-refractivity contribution in [2.45, 2.75) is 31.7 Å². The van der Waals surface area contributed by atoms with Gasteiger partial charge in [-0.05, 0) is 61.6 Å². The van der Waals surface area contributed by atoms with Gasteiger partial charge >= 0.3 is 0 Å². The summed E-state index contributed by atoms with van der Waals surface area (Å²) >= 11 is 0. The fourth-order valence-corrected chi connectivity index (χ4v) is 4.57. The molecule has 0 saturated carbocycles. The summed E-state index contributed by atoms with van der Waals surface area (Å²) in [6.45, 7) is 2.42. The Bertz CT molecular complexity index is 872. The molecule has 158 valence electrons. The van der Waals surface area contributed by atoms with Gasteiger partial charge in [-0.3, -0.25) is 9.59 Å². The van der Waals surface area contributed by atoms with Gasteiger partial charge in [0.25, 0.3) is 5.91 Å². The molecule has 4 rings (SSSR count). The summed E-state index contributed by atoms with van der Waals surface area (Å²) in [4.78, 5) is 29.5. The van der Waals surface area contributed by atoms with Gasteiger partial charge in [-0.25, -0.2) is 4.39 Å². The van der Waals surface area contributed by atoms with Crippen molar-refractivity contribution in [2.24, 2.45) is 5.92 Å². The highest BCUT2D eigenvalue weighted by atomic mass is 19.1. The van der Waals surface area contributed by atoms with E-state index in [1.165, 1.54) is 12.1 Å². The number of ether oxygens (including phenoxy) is 1. The van der Waals surface area contributed by atoms with Gasteiger partial charge < -0.3 is 14.5 Å². The summed E-state index contributed by atoms with van der Waals surface area (Å²) in [6.07, 6.45) is 3.07. The Morgan fingerprint density at radius 1 is 1.00 bits per heavy atom. The molecule has 0 N–H and O–H groups in total. The number of carbonyl (C=O) groups excluding carboxylic acids is 2. The standard InChI is InChI=1S/C24H27FN2O3/c25-20-10-8-18(9-11-20)24(29)27-14-4-5-19-17-26(15-12-22(19)27)23(28)13-16-30-21-6-2-1-3-7-21/h1-3,6-11,19,22H,4-5,12-17H2/t19-,22+/m1/s1. The molecule has 2 aromatic rings. The maximum absolute atomic E-state index is 13.2. The molecule has 6 heteroatoms. The smallest absolute Gasteiger partial charge is 0.254 e. The van der Waals surface area contributed by atoms with E-state index in [0.717, 1.165) is 31.6 Å². The van der Waals surface area contributed by atoms with Crippen LogP contribution in [0.15, 0.2) is 54.6 Å². The van der Waals surface area contributed by atoms with Crippen molar-refractivity contribution >= 4 is 11.8 Å². The van der Waals surface area contributed by atoms with E-state index < -0.39 is 0 Å². The number of fused-ring (bicyclic) bond motifs is 1. The highest BCUT2D eigenvalue weighted by Gasteiger charge is 2.39. The van der Waals surface area contributed by atoms with Gasteiger partial charge in [-0.1, -0.05) is 18.2 Å². The SMILES string of the molecule is O=C(CCOc1ccccc1)N1CC[C@H]2[C@H](CCCN2C(=O)c2ccc(F)cc2)C1.